The van der Waals surface area contributed by atoms with E-state index in [9.17, 15) is 0 Å². The summed E-state index contributed by atoms with van der Waals surface area (Å²) in [6.45, 7) is 6.88. The average molecular weight is 194 g/mol. The Bertz CT molecular complexity index is 243. The third-order valence-corrected chi connectivity index (χ3v) is 2.09. The number of aromatic amines is 1. The Morgan fingerprint density at radius 3 is 3.14 bits per heavy atom. The van der Waals surface area contributed by atoms with E-state index in [1.807, 2.05) is 6.08 Å². The van der Waals surface area contributed by atoms with Crippen molar-refractivity contribution in [3.63, 3.8) is 0 Å². The fourth-order valence-electron chi connectivity index (χ4n) is 1.34. The maximum Gasteiger partial charge on any atom is 0.0993 e. The zero-order chi connectivity index (χ0) is 10.2. The minimum atomic E-state index is 0.298. The number of aromatic nitrogens is 3. The van der Waals surface area contributed by atoms with Crippen LogP contribution >= 0.6 is 0 Å². The van der Waals surface area contributed by atoms with Crippen LogP contribution in [0.2, 0.25) is 0 Å². The third-order valence-electron chi connectivity index (χ3n) is 2.09. The minimum absolute atomic E-state index is 0.298. The molecular weight excluding hydrogens is 176 g/mol. The van der Waals surface area contributed by atoms with Crippen molar-refractivity contribution in [1.82, 2.24) is 20.7 Å². The number of nitrogens with zero attached hydrogens (tertiary/aromatic N) is 2. The number of H-pyrrole nitrogens is 1. The van der Waals surface area contributed by atoms with Crippen molar-refractivity contribution in [2.45, 2.75) is 32.2 Å². The predicted octanol–water partition coefficient (Wildman–Crippen LogP) is 1.81. The van der Waals surface area contributed by atoms with Crippen molar-refractivity contribution in [3.8, 4) is 0 Å². The lowest BCUT2D eigenvalue weighted by Crippen LogP contribution is -2.22. The second-order valence-electron chi connectivity index (χ2n) is 3.27. The molecule has 0 aromatic carbocycles. The Kier molecular flexibility index (Phi) is 4.93. The molecule has 1 aromatic heterocycles. The molecule has 14 heavy (non-hydrogen) atoms. The van der Waals surface area contributed by atoms with Gasteiger partial charge in [0.2, 0.25) is 0 Å². The lowest BCUT2D eigenvalue weighted by molar-refractivity contribution is 0.491. The zero-order valence-electron chi connectivity index (χ0n) is 8.66. The lowest BCUT2D eigenvalue weighted by atomic mass is 10.1. The van der Waals surface area contributed by atoms with E-state index in [-0.39, 0.29) is 0 Å². The highest BCUT2D eigenvalue weighted by atomic mass is 15.3. The van der Waals surface area contributed by atoms with E-state index in [1.54, 1.807) is 6.20 Å². The molecule has 4 heteroatoms. The molecule has 0 radical (unpaired) electrons. The topological polar surface area (TPSA) is 53.6 Å². The molecule has 1 heterocycles. The third kappa shape index (κ3) is 3.30. The maximum atomic E-state index is 4.09. The van der Waals surface area contributed by atoms with Gasteiger partial charge in [-0.1, -0.05) is 13.0 Å². The Hall–Kier alpha value is -1.16. The molecular formula is C10H18N4. The fourth-order valence-corrected chi connectivity index (χ4v) is 1.34. The van der Waals surface area contributed by atoms with Gasteiger partial charge in [0, 0.05) is 0 Å². The van der Waals surface area contributed by atoms with Crippen molar-refractivity contribution in [1.29, 1.82) is 0 Å². The number of allylic oxidation sites excluding steroid dienone is 1. The minimum Gasteiger partial charge on any atom is -0.309 e. The van der Waals surface area contributed by atoms with Gasteiger partial charge in [-0.2, -0.15) is 15.4 Å². The molecule has 0 aliphatic carbocycles. The van der Waals surface area contributed by atoms with E-state index >= 15 is 0 Å². The molecule has 0 aliphatic heterocycles. The van der Waals surface area contributed by atoms with Gasteiger partial charge in [0.25, 0.3) is 0 Å². The van der Waals surface area contributed by atoms with Crippen LogP contribution in [0.25, 0.3) is 0 Å². The molecule has 0 amide bonds. The molecule has 1 unspecified atom stereocenters. The molecule has 2 N–H and O–H groups in total. The van der Waals surface area contributed by atoms with Crippen molar-refractivity contribution in [3.05, 3.63) is 24.5 Å². The molecule has 0 spiro atoms. The molecule has 0 aliphatic rings. The summed E-state index contributed by atoms with van der Waals surface area (Å²) in [6.07, 6.45) is 6.85. The Balaban J connectivity index is 2.48. The summed E-state index contributed by atoms with van der Waals surface area (Å²) in [6, 6.07) is 0.298. The van der Waals surface area contributed by atoms with Gasteiger partial charge < -0.3 is 5.32 Å². The van der Waals surface area contributed by atoms with Gasteiger partial charge in [-0.3, -0.25) is 0 Å². The monoisotopic (exact) mass is 194 g/mol. The maximum absolute atomic E-state index is 4.09. The first-order chi connectivity index (χ1) is 6.88. The Labute approximate surface area is 84.8 Å². The molecule has 0 saturated carbocycles. The summed E-state index contributed by atoms with van der Waals surface area (Å²) >= 11 is 0. The van der Waals surface area contributed by atoms with E-state index < -0.39 is 0 Å². The Morgan fingerprint density at radius 2 is 2.57 bits per heavy atom. The number of nitrogens with one attached hydrogen (secondary N) is 2. The molecule has 1 atom stereocenters. The van der Waals surface area contributed by atoms with Crippen LogP contribution in [0.15, 0.2) is 18.9 Å². The molecule has 0 saturated heterocycles. The largest absolute Gasteiger partial charge is 0.309 e. The van der Waals surface area contributed by atoms with Gasteiger partial charge in [-0.15, -0.1) is 6.58 Å². The first kappa shape index (κ1) is 10.9. The highest BCUT2D eigenvalue weighted by Gasteiger charge is 2.11. The SMILES string of the molecule is C=CCCC(NCCC)c1cn[nH]n1. The fraction of sp³-hybridized carbons (Fsp3) is 0.600. The van der Waals surface area contributed by atoms with Crippen molar-refractivity contribution in [2.24, 2.45) is 0 Å². The van der Waals surface area contributed by atoms with Gasteiger partial charge >= 0.3 is 0 Å². The van der Waals surface area contributed by atoms with E-state index in [1.165, 1.54) is 0 Å². The summed E-state index contributed by atoms with van der Waals surface area (Å²) in [5, 5.41) is 14.0. The van der Waals surface area contributed by atoms with Crippen molar-refractivity contribution in [2.75, 3.05) is 6.54 Å². The van der Waals surface area contributed by atoms with Gasteiger partial charge in [0.05, 0.1) is 17.9 Å². The van der Waals surface area contributed by atoms with E-state index in [2.05, 4.69) is 34.2 Å². The summed E-state index contributed by atoms with van der Waals surface area (Å²) in [7, 11) is 0. The van der Waals surface area contributed by atoms with Crippen LogP contribution in [0.1, 0.15) is 37.9 Å². The van der Waals surface area contributed by atoms with Gasteiger partial charge in [-0.25, -0.2) is 0 Å². The molecule has 4 nitrogen and oxygen atoms in total. The summed E-state index contributed by atoms with van der Waals surface area (Å²) < 4.78 is 0. The molecule has 0 bridgehead atoms. The van der Waals surface area contributed by atoms with Crippen molar-refractivity contribution >= 4 is 0 Å². The number of rotatable bonds is 7. The second-order valence-corrected chi connectivity index (χ2v) is 3.27. The quantitative estimate of drug-likeness (QED) is 0.651. The molecule has 78 valence electrons. The molecule has 1 aromatic rings. The second kappa shape index (κ2) is 6.32. The Morgan fingerprint density at radius 1 is 1.71 bits per heavy atom. The average Bonchev–Trinajstić information content (AvgIpc) is 2.71. The van der Waals surface area contributed by atoms with Crippen LogP contribution in [0.3, 0.4) is 0 Å². The van der Waals surface area contributed by atoms with Crippen LogP contribution in [0.4, 0.5) is 0 Å². The van der Waals surface area contributed by atoms with Crippen LogP contribution in [0.5, 0.6) is 0 Å². The number of hydrogen-bond acceptors (Lipinski definition) is 3. The van der Waals surface area contributed by atoms with Gasteiger partial charge in [-0.05, 0) is 25.8 Å². The van der Waals surface area contributed by atoms with Crippen LogP contribution in [-0.4, -0.2) is 22.0 Å². The summed E-state index contributed by atoms with van der Waals surface area (Å²) in [5.41, 5.74) is 0.986. The first-order valence-corrected chi connectivity index (χ1v) is 5.08. The van der Waals surface area contributed by atoms with Gasteiger partial charge in [0.15, 0.2) is 0 Å². The molecule has 0 fully saturated rings. The summed E-state index contributed by atoms with van der Waals surface area (Å²) in [4.78, 5) is 0. The summed E-state index contributed by atoms with van der Waals surface area (Å²) in [5.74, 6) is 0. The van der Waals surface area contributed by atoms with Crippen LogP contribution in [-0.2, 0) is 0 Å². The first-order valence-electron chi connectivity index (χ1n) is 5.08. The van der Waals surface area contributed by atoms with E-state index in [4.69, 9.17) is 0 Å². The highest BCUT2D eigenvalue weighted by molar-refractivity contribution is 4.99. The molecule has 1 rings (SSSR count). The van der Waals surface area contributed by atoms with Gasteiger partial charge in [0.1, 0.15) is 0 Å². The number of hydrogen-bond donors (Lipinski definition) is 2. The smallest absolute Gasteiger partial charge is 0.0993 e. The zero-order valence-corrected chi connectivity index (χ0v) is 8.66. The van der Waals surface area contributed by atoms with Crippen molar-refractivity contribution < 1.29 is 0 Å². The van der Waals surface area contributed by atoms with E-state index in [0.29, 0.717) is 6.04 Å². The highest BCUT2D eigenvalue weighted by Crippen LogP contribution is 2.14. The predicted molar refractivity (Wildman–Crippen MR) is 56.8 cm³/mol. The van der Waals surface area contributed by atoms with Crippen LogP contribution in [0, 0.1) is 0 Å². The standard InChI is InChI=1S/C10H18N4/c1-3-5-6-9(11-7-4-2)10-8-12-14-13-10/h3,8-9,11H,1,4-7H2,2H3,(H,12,13,14). The van der Waals surface area contributed by atoms with Crippen LogP contribution < -0.4 is 5.32 Å². The lowest BCUT2D eigenvalue weighted by Gasteiger charge is -2.14. The normalized spacial score (nSPS) is 12.6. The van der Waals surface area contributed by atoms with E-state index in [0.717, 1.165) is 31.5 Å².